The normalized spacial score (nSPS) is 16.4. The fourth-order valence-electron chi connectivity index (χ4n) is 1.90. The van der Waals surface area contributed by atoms with Crippen LogP contribution in [0.1, 0.15) is 53.4 Å². The molecule has 16 heavy (non-hydrogen) atoms. The molecule has 0 aromatic heterocycles. The Balaban J connectivity index is 3.97. The summed E-state index contributed by atoms with van der Waals surface area (Å²) in [5.74, 6) is 1.08. The van der Waals surface area contributed by atoms with E-state index in [1.54, 1.807) is 0 Å². The molecular formula is C15H26O. The molecule has 0 fully saturated rings. The van der Waals surface area contributed by atoms with Gasteiger partial charge in [0.15, 0.2) is 0 Å². The lowest BCUT2D eigenvalue weighted by Crippen LogP contribution is -1.97. The average Bonchev–Trinajstić information content (AvgIpc) is 2.17. The van der Waals surface area contributed by atoms with Crippen molar-refractivity contribution in [3.05, 3.63) is 23.8 Å². The lowest BCUT2D eigenvalue weighted by atomic mass is 9.95. The highest BCUT2D eigenvalue weighted by Gasteiger charge is 2.03. The van der Waals surface area contributed by atoms with Gasteiger partial charge in [0.2, 0.25) is 0 Å². The van der Waals surface area contributed by atoms with Crippen molar-refractivity contribution in [3.8, 4) is 0 Å². The second kappa shape index (κ2) is 9.38. The minimum Gasteiger partial charge on any atom is -0.303 e. The average molecular weight is 222 g/mol. The first-order chi connectivity index (χ1) is 7.60. The molecule has 0 rings (SSSR count). The van der Waals surface area contributed by atoms with E-state index >= 15 is 0 Å². The molecule has 0 spiro atoms. The molecule has 92 valence electrons. The van der Waals surface area contributed by atoms with Crippen LogP contribution in [0.3, 0.4) is 0 Å². The fourth-order valence-corrected chi connectivity index (χ4v) is 1.90. The summed E-state index contributed by atoms with van der Waals surface area (Å²) < 4.78 is 0. The van der Waals surface area contributed by atoms with Crippen LogP contribution in [0.5, 0.6) is 0 Å². The molecule has 0 N–H and O–H groups in total. The van der Waals surface area contributed by atoms with Crippen molar-refractivity contribution < 1.29 is 4.79 Å². The number of rotatable bonds is 8. The van der Waals surface area contributed by atoms with Gasteiger partial charge in [0.05, 0.1) is 0 Å². The van der Waals surface area contributed by atoms with Crippen molar-refractivity contribution in [3.63, 3.8) is 0 Å². The quantitative estimate of drug-likeness (QED) is 0.435. The topological polar surface area (TPSA) is 17.1 Å². The van der Waals surface area contributed by atoms with Crippen molar-refractivity contribution in [2.75, 3.05) is 0 Å². The molecule has 0 aromatic rings. The van der Waals surface area contributed by atoms with Gasteiger partial charge in [0.1, 0.15) is 6.29 Å². The molecule has 0 amide bonds. The van der Waals surface area contributed by atoms with Crippen molar-refractivity contribution in [2.45, 2.75) is 53.4 Å². The summed E-state index contributed by atoms with van der Waals surface area (Å²) in [6.45, 7) is 8.70. The van der Waals surface area contributed by atoms with E-state index in [0.717, 1.165) is 25.5 Å². The maximum atomic E-state index is 10.4. The zero-order chi connectivity index (χ0) is 12.4. The largest absolute Gasteiger partial charge is 0.303 e. The SMILES string of the molecule is CCC=CCC(C)CC(C)=CC(C)CC=O. The van der Waals surface area contributed by atoms with Gasteiger partial charge in [0, 0.05) is 6.42 Å². The van der Waals surface area contributed by atoms with Gasteiger partial charge in [-0.15, -0.1) is 0 Å². The van der Waals surface area contributed by atoms with E-state index in [0.29, 0.717) is 18.3 Å². The number of hydrogen-bond donors (Lipinski definition) is 0. The van der Waals surface area contributed by atoms with E-state index in [1.807, 2.05) is 0 Å². The third-order valence-corrected chi connectivity index (χ3v) is 2.65. The maximum absolute atomic E-state index is 10.4. The van der Waals surface area contributed by atoms with Crippen LogP contribution in [-0.2, 0) is 4.79 Å². The number of carbonyl (C=O) groups excluding carboxylic acids is 1. The lowest BCUT2D eigenvalue weighted by molar-refractivity contribution is -0.108. The van der Waals surface area contributed by atoms with Crippen LogP contribution in [0, 0.1) is 11.8 Å². The van der Waals surface area contributed by atoms with E-state index in [4.69, 9.17) is 0 Å². The van der Waals surface area contributed by atoms with Gasteiger partial charge in [0.25, 0.3) is 0 Å². The highest BCUT2D eigenvalue weighted by Crippen LogP contribution is 2.17. The van der Waals surface area contributed by atoms with Crippen LogP contribution in [0.15, 0.2) is 23.8 Å². The molecule has 0 heterocycles. The predicted molar refractivity (Wildman–Crippen MR) is 71.4 cm³/mol. The van der Waals surface area contributed by atoms with E-state index in [1.165, 1.54) is 5.57 Å². The van der Waals surface area contributed by atoms with Gasteiger partial charge in [-0.2, -0.15) is 0 Å². The van der Waals surface area contributed by atoms with Gasteiger partial charge in [-0.05, 0) is 38.0 Å². The zero-order valence-corrected chi connectivity index (χ0v) is 11.2. The Morgan fingerprint density at radius 2 is 1.88 bits per heavy atom. The minimum atomic E-state index is 0.385. The van der Waals surface area contributed by atoms with Crippen LogP contribution in [0.25, 0.3) is 0 Å². The van der Waals surface area contributed by atoms with Crippen LogP contribution in [0.4, 0.5) is 0 Å². The summed E-state index contributed by atoms with van der Waals surface area (Å²) in [6.07, 6.45) is 11.8. The van der Waals surface area contributed by atoms with Gasteiger partial charge >= 0.3 is 0 Å². The van der Waals surface area contributed by atoms with Crippen LogP contribution in [0.2, 0.25) is 0 Å². The maximum Gasteiger partial charge on any atom is 0.120 e. The Bertz CT molecular complexity index is 238. The van der Waals surface area contributed by atoms with E-state index in [-0.39, 0.29) is 0 Å². The second-order valence-electron chi connectivity index (χ2n) is 4.82. The van der Waals surface area contributed by atoms with Gasteiger partial charge in [-0.3, -0.25) is 0 Å². The predicted octanol–water partition coefficient (Wildman–Crippen LogP) is 4.54. The fraction of sp³-hybridized carbons (Fsp3) is 0.667. The van der Waals surface area contributed by atoms with Crippen molar-refractivity contribution >= 4 is 6.29 Å². The molecule has 1 heteroatoms. The standard InChI is InChI=1S/C15H26O/c1-5-6-7-8-13(2)11-15(4)12-14(3)9-10-16/h6-7,10,12-14H,5,8-9,11H2,1-4H3. The smallest absolute Gasteiger partial charge is 0.120 e. The molecular weight excluding hydrogens is 196 g/mol. The summed E-state index contributed by atoms with van der Waals surface area (Å²) in [6, 6.07) is 0. The van der Waals surface area contributed by atoms with E-state index in [9.17, 15) is 4.79 Å². The zero-order valence-electron chi connectivity index (χ0n) is 11.2. The lowest BCUT2D eigenvalue weighted by Gasteiger charge is -2.10. The number of carbonyl (C=O) groups is 1. The molecule has 0 bridgehead atoms. The van der Waals surface area contributed by atoms with Crippen molar-refractivity contribution in [1.82, 2.24) is 0 Å². The van der Waals surface area contributed by atoms with Crippen molar-refractivity contribution in [1.29, 1.82) is 0 Å². The monoisotopic (exact) mass is 222 g/mol. The first-order valence-corrected chi connectivity index (χ1v) is 6.36. The highest BCUT2D eigenvalue weighted by atomic mass is 16.1. The summed E-state index contributed by atoms with van der Waals surface area (Å²) in [5, 5.41) is 0. The molecule has 0 saturated heterocycles. The summed E-state index contributed by atoms with van der Waals surface area (Å²) >= 11 is 0. The Kier molecular flexibility index (Phi) is 8.88. The molecule has 0 aliphatic heterocycles. The first-order valence-electron chi connectivity index (χ1n) is 6.36. The Labute approximate surface area is 101 Å². The van der Waals surface area contributed by atoms with Crippen LogP contribution < -0.4 is 0 Å². The molecule has 1 nitrogen and oxygen atoms in total. The molecule has 0 radical (unpaired) electrons. The third-order valence-electron chi connectivity index (χ3n) is 2.65. The molecule has 0 aliphatic carbocycles. The Morgan fingerprint density at radius 3 is 2.44 bits per heavy atom. The van der Waals surface area contributed by atoms with Gasteiger partial charge in [-0.25, -0.2) is 0 Å². The first kappa shape index (κ1) is 15.2. The van der Waals surface area contributed by atoms with E-state index in [2.05, 4.69) is 45.9 Å². The van der Waals surface area contributed by atoms with Crippen LogP contribution >= 0.6 is 0 Å². The number of allylic oxidation sites excluding steroid dienone is 4. The van der Waals surface area contributed by atoms with Gasteiger partial charge < -0.3 is 4.79 Å². The summed E-state index contributed by atoms with van der Waals surface area (Å²) in [7, 11) is 0. The van der Waals surface area contributed by atoms with Crippen molar-refractivity contribution in [2.24, 2.45) is 11.8 Å². The van der Waals surface area contributed by atoms with Gasteiger partial charge in [-0.1, -0.05) is 44.6 Å². The summed E-state index contributed by atoms with van der Waals surface area (Å²) in [4.78, 5) is 10.4. The Morgan fingerprint density at radius 1 is 1.19 bits per heavy atom. The molecule has 2 atom stereocenters. The van der Waals surface area contributed by atoms with Crippen LogP contribution in [-0.4, -0.2) is 6.29 Å². The highest BCUT2D eigenvalue weighted by molar-refractivity contribution is 5.50. The molecule has 2 unspecified atom stereocenters. The number of aldehydes is 1. The summed E-state index contributed by atoms with van der Waals surface area (Å²) in [5.41, 5.74) is 1.41. The Hall–Kier alpha value is -0.850. The third kappa shape index (κ3) is 8.46. The molecule has 0 aromatic carbocycles. The minimum absolute atomic E-state index is 0.385. The van der Waals surface area contributed by atoms with E-state index < -0.39 is 0 Å². The molecule has 0 aliphatic rings. The second-order valence-corrected chi connectivity index (χ2v) is 4.82. The molecule has 0 saturated carbocycles. The number of hydrogen-bond acceptors (Lipinski definition) is 1.